The number of carbonyl (C=O) groups is 1. The van der Waals surface area contributed by atoms with Crippen molar-refractivity contribution in [3.63, 3.8) is 0 Å². The molecule has 2 N–H and O–H groups in total. The third-order valence-electron chi connectivity index (χ3n) is 3.86. The highest BCUT2D eigenvalue weighted by Gasteiger charge is 2.34. The van der Waals surface area contributed by atoms with Gasteiger partial charge in [-0.2, -0.15) is 0 Å². The molecule has 0 amide bonds. The van der Waals surface area contributed by atoms with E-state index in [2.05, 4.69) is 12.2 Å². The summed E-state index contributed by atoms with van der Waals surface area (Å²) in [6, 6.07) is 0.691. The molecule has 0 aromatic rings. The fourth-order valence-electron chi connectivity index (χ4n) is 2.98. The van der Waals surface area contributed by atoms with Crippen molar-refractivity contribution >= 4 is 5.97 Å². The molecule has 3 unspecified atom stereocenters. The van der Waals surface area contributed by atoms with E-state index >= 15 is 0 Å². The van der Waals surface area contributed by atoms with Crippen LogP contribution in [-0.4, -0.2) is 36.4 Å². The second kappa shape index (κ2) is 5.15. The zero-order valence-corrected chi connectivity index (χ0v) is 9.82. The molecule has 2 aliphatic heterocycles. The van der Waals surface area contributed by atoms with Gasteiger partial charge in [0.2, 0.25) is 0 Å². The molecule has 4 heteroatoms. The minimum atomic E-state index is -0.634. The van der Waals surface area contributed by atoms with Crippen molar-refractivity contribution in [1.82, 2.24) is 5.32 Å². The maximum absolute atomic E-state index is 11.1. The Morgan fingerprint density at radius 2 is 2.00 bits per heavy atom. The number of nitrogens with one attached hydrogen (secondary N) is 1. The van der Waals surface area contributed by atoms with Gasteiger partial charge in [-0.25, -0.2) is 0 Å². The van der Waals surface area contributed by atoms with Gasteiger partial charge in [-0.1, -0.05) is 0 Å². The molecular formula is C12H21NO3. The number of piperidine rings is 1. The highest BCUT2D eigenvalue weighted by atomic mass is 16.5. The van der Waals surface area contributed by atoms with E-state index in [0.717, 1.165) is 38.9 Å². The fraction of sp³-hybridized carbons (Fsp3) is 0.917. The monoisotopic (exact) mass is 227 g/mol. The molecule has 2 heterocycles. The smallest absolute Gasteiger partial charge is 0.306 e. The molecule has 3 atom stereocenters. The van der Waals surface area contributed by atoms with Crippen molar-refractivity contribution in [2.24, 2.45) is 11.8 Å². The minimum absolute atomic E-state index is 0.163. The Morgan fingerprint density at radius 3 is 2.62 bits per heavy atom. The topological polar surface area (TPSA) is 58.6 Å². The van der Waals surface area contributed by atoms with Crippen LogP contribution in [0.15, 0.2) is 0 Å². The first-order valence-corrected chi connectivity index (χ1v) is 6.23. The Hall–Kier alpha value is -0.610. The molecule has 16 heavy (non-hydrogen) atoms. The van der Waals surface area contributed by atoms with Gasteiger partial charge in [-0.15, -0.1) is 0 Å². The van der Waals surface area contributed by atoms with Crippen LogP contribution in [0, 0.1) is 11.8 Å². The van der Waals surface area contributed by atoms with E-state index < -0.39 is 5.97 Å². The third-order valence-corrected chi connectivity index (χ3v) is 3.86. The summed E-state index contributed by atoms with van der Waals surface area (Å²) in [5.41, 5.74) is 0. The lowest BCUT2D eigenvalue weighted by Gasteiger charge is -2.39. The second-order valence-corrected chi connectivity index (χ2v) is 5.13. The predicted molar refractivity (Wildman–Crippen MR) is 60.3 cm³/mol. The number of hydrogen-bond donors (Lipinski definition) is 2. The molecule has 2 aliphatic rings. The van der Waals surface area contributed by atoms with Crippen LogP contribution >= 0.6 is 0 Å². The van der Waals surface area contributed by atoms with Crippen molar-refractivity contribution in [3.05, 3.63) is 0 Å². The average Bonchev–Trinajstić information content (AvgIpc) is 2.29. The predicted octanol–water partition coefficient (Wildman–Crippen LogP) is 1.25. The van der Waals surface area contributed by atoms with Gasteiger partial charge < -0.3 is 15.2 Å². The highest BCUT2D eigenvalue weighted by molar-refractivity contribution is 5.70. The van der Waals surface area contributed by atoms with E-state index in [9.17, 15) is 4.79 Å². The van der Waals surface area contributed by atoms with Crippen LogP contribution in [0.2, 0.25) is 0 Å². The van der Waals surface area contributed by atoms with Gasteiger partial charge in [0.1, 0.15) is 0 Å². The Bertz CT molecular complexity index is 251. The summed E-state index contributed by atoms with van der Waals surface area (Å²) >= 11 is 0. The summed E-state index contributed by atoms with van der Waals surface area (Å²) in [7, 11) is 0. The lowest BCUT2D eigenvalue weighted by Crippen LogP contribution is -2.50. The summed E-state index contributed by atoms with van der Waals surface area (Å²) in [4.78, 5) is 11.1. The number of rotatable bonds is 2. The molecule has 0 aromatic carbocycles. The molecule has 0 aromatic heterocycles. The maximum atomic E-state index is 11.1. The molecule has 4 nitrogen and oxygen atoms in total. The molecular weight excluding hydrogens is 206 g/mol. The minimum Gasteiger partial charge on any atom is -0.481 e. The van der Waals surface area contributed by atoms with Gasteiger partial charge in [0.05, 0.1) is 5.92 Å². The first-order chi connectivity index (χ1) is 7.66. The van der Waals surface area contributed by atoms with E-state index in [1.54, 1.807) is 0 Å². The largest absolute Gasteiger partial charge is 0.481 e. The number of ether oxygens (including phenoxy) is 1. The molecule has 0 spiro atoms. The van der Waals surface area contributed by atoms with E-state index in [1.165, 1.54) is 0 Å². The fourth-order valence-corrected chi connectivity index (χ4v) is 2.98. The molecule has 2 saturated heterocycles. The quantitative estimate of drug-likeness (QED) is 0.745. The van der Waals surface area contributed by atoms with E-state index in [-0.39, 0.29) is 5.92 Å². The van der Waals surface area contributed by atoms with Gasteiger partial charge in [-0.05, 0) is 38.5 Å². The van der Waals surface area contributed by atoms with E-state index in [0.29, 0.717) is 18.0 Å². The average molecular weight is 227 g/mol. The lowest BCUT2D eigenvalue weighted by molar-refractivity contribution is -0.143. The first-order valence-electron chi connectivity index (χ1n) is 6.23. The van der Waals surface area contributed by atoms with Crippen LogP contribution in [0.25, 0.3) is 0 Å². The van der Waals surface area contributed by atoms with Gasteiger partial charge in [0, 0.05) is 25.3 Å². The molecule has 92 valence electrons. The molecule has 0 bridgehead atoms. The van der Waals surface area contributed by atoms with Gasteiger partial charge >= 0.3 is 5.97 Å². The number of carboxylic acid groups (broad SMARTS) is 1. The Kier molecular flexibility index (Phi) is 3.82. The van der Waals surface area contributed by atoms with Crippen molar-refractivity contribution in [3.8, 4) is 0 Å². The Balaban J connectivity index is 1.95. The molecule has 2 rings (SSSR count). The Labute approximate surface area is 96.4 Å². The van der Waals surface area contributed by atoms with Gasteiger partial charge in [0.15, 0.2) is 0 Å². The number of carboxylic acids is 1. The molecule has 0 saturated carbocycles. The zero-order chi connectivity index (χ0) is 11.5. The summed E-state index contributed by atoms with van der Waals surface area (Å²) in [6.07, 6.45) is 3.67. The van der Waals surface area contributed by atoms with Crippen molar-refractivity contribution in [2.45, 2.75) is 44.7 Å². The van der Waals surface area contributed by atoms with Gasteiger partial charge in [-0.3, -0.25) is 4.79 Å². The summed E-state index contributed by atoms with van der Waals surface area (Å²) in [5.74, 6) is -0.201. The van der Waals surface area contributed by atoms with Gasteiger partial charge in [0.25, 0.3) is 0 Å². The lowest BCUT2D eigenvalue weighted by atomic mass is 9.80. The van der Waals surface area contributed by atoms with Crippen LogP contribution in [0.1, 0.15) is 32.6 Å². The first kappa shape index (κ1) is 11.9. The van der Waals surface area contributed by atoms with E-state index in [1.807, 2.05) is 0 Å². The van der Waals surface area contributed by atoms with Crippen LogP contribution in [-0.2, 0) is 9.53 Å². The summed E-state index contributed by atoms with van der Waals surface area (Å²) < 4.78 is 5.35. The maximum Gasteiger partial charge on any atom is 0.306 e. The summed E-state index contributed by atoms with van der Waals surface area (Å²) in [6.45, 7) is 3.74. The Morgan fingerprint density at radius 1 is 1.31 bits per heavy atom. The third kappa shape index (κ3) is 2.74. The van der Waals surface area contributed by atoms with Crippen molar-refractivity contribution in [2.75, 3.05) is 13.2 Å². The van der Waals surface area contributed by atoms with E-state index in [4.69, 9.17) is 9.84 Å². The van der Waals surface area contributed by atoms with Crippen molar-refractivity contribution < 1.29 is 14.6 Å². The standard InChI is InChI=1S/C12H21NO3/c1-8-6-10(12(14)15)7-11(13-8)9-2-4-16-5-3-9/h8-11,13H,2-7H2,1H3,(H,14,15). The second-order valence-electron chi connectivity index (χ2n) is 5.13. The SMILES string of the molecule is CC1CC(C(=O)O)CC(C2CCOCC2)N1. The zero-order valence-electron chi connectivity index (χ0n) is 9.82. The number of aliphatic carboxylic acids is 1. The highest BCUT2D eigenvalue weighted by Crippen LogP contribution is 2.29. The van der Waals surface area contributed by atoms with Crippen LogP contribution in [0.4, 0.5) is 0 Å². The van der Waals surface area contributed by atoms with Crippen LogP contribution < -0.4 is 5.32 Å². The summed E-state index contributed by atoms with van der Waals surface area (Å²) in [5, 5.41) is 12.7. The van der Waals surface area contributed by atoms with Crippen molar-refractivity contribution in [1.29, 1.82) is 0 Å². The molecule has 0 aliphatic carbocycles. The number of hydrogen-bond acceptors (Lipinski definition) is 3. The normalized spacial score (nSPS) is 37.2. The van der Waals surface area contributed by atoms with Crippen LogP contribution in [0.3, 0.4) is 0 Å². The van der Waals surface area contributed by atoms with Crippen LogP contribution in [0.5, 0.6) is 0 Å². The molecule has 2 fully saturated rings. The molecule has 0 radical (unpaired) electrons.